The highest BCUT2D eigenvalue weighted by atomic mass is 35.5. The summed E-state index contributed by atoms with van der Waals surface area (Å²) in [6, 6.07) is 2.53. The first kappa shape index (κ1) is 34.6. The Morgan fingerprint density at radius 2 is 1.90 bits per heavy atom. The van der Waals surface area contributed by atoms with Crippen molar-refractivity contribution in [1.82, 2.24) is 34.0 Å². The van der Waals surface area contributed by atoms with Crippen molar-refractivity contribution in [1.29, 1.82) is 0 Å². The van der Waals surface area contributed by atoms with E-state index in [0.717, 1.165) is 16.6 Å². The summed E-state index contributed by atoms with van der Waals surface area (Å²) in [6.07, 6.45) is -2.93. The molecule has 1 unspecified atom stereocenters. The van der Waals surface area contributed by atoms with Crippen LogP contribution in [0.4, 0.5) is 28.9 Å². The van der Waals surface area contributed by atoms with Gasteiger partial charge in [0, 0.05) is 32.6 Å². The fraction of sp³-hybridized carbons (Fsp3) is 0.387. The number of carbonyl (C=O) groups excluding carboxylic acids is 2. The molecule has 2 amide bonds. The molecule has 2 aliphatic heterocycles. The third-order valence-corrected chi connectivity index (χ3v) is 8.64. The summed E-state index contributed by atoms with van der Waals surface area (Å²) in [7, 11) is 0. The molecular formula is C31H30ClF4N9O5. The number of ether oxygens (including phenoxy) is 1. The van der Waals surface area contributed by atoms with Gasteiger partial charge in [0.1, 0.15) is 31.3 Å². The summed E-state index contributed by atoms with van der Waals surface area (Å²) in [5.74, 6) is -1.40. The summed E-state index contributed by atoms with van der Waals surface area (Å²) in [4.78, 5) is 56.3. The van der Waals surface area contributed by atoms with Gasteiger partial charge in [-0.15, -0.1) is 5.10 Å². The van der Waals surface area contributed by atoms with Crippen LogP contribution in [0.1, 0.15) is 46.6 Å². The number of nitrogens with one attached hydrogen (secondary N) is 1. The van der Waals surface area contributed by atoms with Crippen molar-refractivity contribution in [2.45, 2.75) is 45.6 Å². The number of aromatic nitrogens is 6. The lowest BCUT2D eigenvalue weighted by Crippen LogP contribution is -2.51. The minimum atomic E-state index is -4.64. The molecule has 0 saturated carbocycles. The van der Waals surface area contributed by atoms with Crippen LogP contribution in [-0.4, -0.2) is 89.9 Å². The van der Waals surface area contributed by atoms with Crippen LogP contribution in [0, 0.1) is 6.92 Å². The van der Waals surface area contributed by atoms with Crippen LogP contribution < -0.4 is 15.8 Å². The highest BCUT2D eigenvalue weighted by Crippen LogP contribution is 2.34. The zero-order chi connectivity index (χ0) is 35.9. The maximum absolute atomic E-state index is 14.1. The number of aromatic hydroxyl groups is 1. The van der Waals surface area contributed by atoms with E-state index in [-0.39, 0.29) is 96.5 Å². The molecule has 1 saturated heterocycles. The van der Waals surface area contributed by atoms with Crippen molar-refractivity contribution in [3.05, 3.63) is 74.4 Å². The van der Waals surface area contributed by atoms with Crippen LogP contribution in [-0.2, 0) is 28.7 Å². The summed E-state index contributed by atoms with van der Waals surface area (Å²) < 4.78 is 61.2. The van der Waals surface area contributed by atoms with Gasteiger partial charge in [0.2, 0.25) is 17.5 Å². The first-order chi connectivity index (χ1) is 23.8. The van der Waals surface area contributed by atoms with Crippen molar-refractivity contribution in [3.8, 4) is 5.75 Å². The number of allylic oxidation sites excluding steroid dienone is 1. The smallest absolute Gasteiger partial charge is 0.416 e. The van der Waals surface area contributed by atoms with Gasteiger partial charge in [-0.05, 0) is 37.6 Å². The molecule has 2 aliphatic rings. The Hall–Kier alpha value is -5.26. The number of aryl methyl sites for hydroxylation is 1. The number of hydrogen-bond acceptors (Lipinski definition) is 10. The third kappa shape index (κ3) is 6.66. The molecule has 0 bridgehead atoms. The van der Waals surface area contributed by atoms with Gasteiger partial charge in [0.25, 0.3) is 11.5 Å². The van der Waals surface area contributed by atoms with E-state index in [1.54, 1.807) is 18.7 Å². The van der Waals surface area contributed by atoms with Gasteiger partial charge in [-0.1, -0.05) is 18.5 Å². The van der Waals surface area contributed by atoms with Crippen molar-refractivity contribution < 1.29 is 37.0 Å². The molecule has 0 spiro atoms. The number of rotatable bonds is 7. The first-order valence-corrected chi connectivity index (χ1v) is 15.9. The molecule has 1 atom stereocenters. The zero-order valence-electron chi connectivity index (χ0n) is 26.7. The number of halogens is 5. The highest BCUT2D eigenvalue weighted by molar-refractivity contribution is 6.33. The number of piperazine rings is 1. The Balaban J connectivity index is 1.35. The van der Waals surface area contributed by atoms with E-state index in [9.17, 15) is 37.1 Å². The van der Waals surface area contributed by atoms with Gasteiger partial charge < -0.3 is 29.5 Å². The van der Waals surface area contributed by atoms with Crippen LogP contribution in [0.5, 0.6) is 5.75 Å². The van der Waals surface area contributed by atoms with Gasteiger partial charge >= 0.3 is 6.18 Å². The monoisotopic (exact) mass is 719 g/mol. The number of fused-ring (bicyclic) bond motifs is 1. The molecule has 1 fully saturated rings. The van der Waals surface area contributed by atoms with Crippen LogP contribution >= 0.6 is 11.6 Å². The van der Waals surface area contributed by atoms with E-state index in [0.29, 0.717) is 11.8 Å². The number of anilines is 2. The second-order valence-corrected chi connectivity index (χ2v) is 12.0. The van der Waals surface area contributed by atoms with Crippen molar-refractivity contribution in [2.75, 3.05) is 43.0 Å². The predicted molar refractivity (Wildman–Crippen MR) is 172 cm³/mol. The number of hydrogen-bond donors (Lipinski definition) is 2. The molecule has 3 aromatic heterocycles. The van der Waals surface area contributed by atoms with E-state index >= 15 is 0 Å². The SMILES string of the molecule is CCc1c(N2CCN(C(=O)c3ncnc(C)c3O)CC2)c(=O)n2nc(C3=CCC(F)CO3)nc2n1CC(=O)Nc1ccc(C(F)(F)F)cc1Cl. The van der Waals surface area contributed by atoms with Crippen molar-refractivity contribution >= 4 is 46.3 Å². The summed E-state index contributed by atoms with van der Waals surface area (Å²) in [5.41, 5.74) is -0.930. The molecular weight excluding hydrogens is 690 g/mol. The maximum atomic E-state index is 14.1. The number of carbonyl (C=O) groups is 2. The number of alkyl halides is 4. The average molecular weight is 720 g/mol. The number of nitrogens with zero attached hydrogens (tertiary/aromatic N) is 8. The second-order valence-electron chi connectivity index (χ2n) is 11.6. The lowest BCUT2D eigenvalue weighted by molar-refractivity contribution is -0.137. The molecule has 50 heavy (non-hydrogen) atoms. The molecule has 14 nitrogen and oxygen atoms in total. The normalized spacial score (nSPS) is 16.7. The van der Waals surface area contributed by atoms with Crippen LogP contribution in [0.3, 0.4) is 0 Å². The van der Waals surface area contributed by atoms with E-state index in [4.69, 9.17) is 16.3 Å². The lowest BCUT2D eigenvalue weighted by atomic mass is 10.2. The molecule has 5 heterocycles. The van der Waals surface area contributed by atoms with Gasteiger partial charge in [0.05, 0.1) is 27.7 Å². The van der Waals surface area contributed by atoms with Gasteiger partial charge in [-0.3, -0.25) is 14.4 Å². The standard InChI is InChI=1S/C31H30ClF4N9O5/c1-3-21-25(42-8-10-43(11-9-42)28(48)24-26(47)16(2)37-15-38-24)29(49)45-30(40-27(41-45)22-7-5-18(33)14-50-22)44(21)13-23(46)39-20-6-4-17(12-19(20)32)31(34,35)36/h4,6-7,12,15,18,47H,3,5,8-11,13-14H2,1-2H3,(H,39,46). The fourth-order valence-electron chi connectivity index (χ4n) is 5.76. The molecule has 0 aliphatic carbocycles. The molecule has 2 N–H and O–H groups in total. The lowest BCUT2D eigenvalue weighted by Gasteiger charge is -2.36. The molecule has 4 aromatic rings. The summed E-state index contributed by atoms with van der Waals surface area (Å²) in [6.45, 7) is 3.31. The molecule has 0 radical (unpaired) electrons. The number of benzene rings is 1. The predicted octanol–water partition coefficient (Wildman–Crippen LogP) is 3.63. The maximum Gasteiger partial charge on any atom is 0.416 e. The van der Waals surface area contributed by atoms with Crippen LogP contribution in [0.2, 0.25) is 5.02 Å². The van der Waals surface area contributed by atoms with E-state index in [1.165, 1.54) is 21.9 Å². The Morgan fingerprint density at radius 3 is 2.54 bits per heavy atom. The minimum Gasteiger partial charge on any atom is -0.504 e. The quantitative estimate of drug-likeness (QED) is 0.270. The topological polar surface area (TPSA) is 160 Å². The highest BCUT2D eigenvalue weighted by Gasteiger charge is 2.33. The van der Waals surface area contributed by atoms with E-state index in [2.05, 4.69) is 25.4 Å². The molecule has 6 rings (SSSR count). The second kappa shape index (κ2) is 13.6. The summed E-state index contributed by atoms with van der Waals surface area (Å²) >= 11 is 6.08. The van der Waals surface area contributed by atoms with Crippen molar-refractivity contribution in [2.24, 2.45) is 0 Å². The Morgan fingerprint density at radius 1 is 1.16 bits per heavy atom. The van der Waals surface area contributed by atoms with Gasteiger partial charge in [-0.25, -0.2) is 14.4 Å². The summed E-state index contributed by atoms with van der Waals surface area (Å²) in [5, 5.41) is 16.9. The van der Waals surface area contributed by atoms with Crippen molar-refractivity contribution in [3.63, 3.8) is 0 Å². The Labute approximate surface area is 286 Å². The molecule has 264 valence electrons. The van der Waals surface area contributed by atoms with Crippen LogP contribution in [0.25, 0.3) is 11.5 Å². The van der Waals surface area contributed by atoms with E-state index < -0.39 is 41.8 Å². The van der Waals surface area contributed by atoms with Gasteiger partial charge in [0.15, 0.2) is 17.2 Å². The first-order valence-electron chi connectivity index (χ1n) is 15.5. The zero-order valence-corrected chi connectivity index (χ0v) is 27.4. The average Bonchev–Trinajstić information content (AvgIpc) is 3.54. The third-order valence-electron chi connectivity index (χ3n) is 8.32. The molecule has 19 heteroatoms. The van der Waals surface area contributed by atoms with E-state index in [1.807, 2.05) is 0 Å². The molecule has 1 aromatic carbocycles. The fourth-order valence-corrected chi connectivity index (χ4v) is 5.99. The minimum absolute atomic E-state index is 0.0106. The van der Waals surface area contributed by atoms with Gasteiger partial charge in [-0.2, -0.15) is 22.7 Å². The Kier molecular flexibility index (Phi) is 9.39. The number of amides is 2. The largest absolute Gasteiger partial charge is 0.504 e. The Bertz CT molecular complexity index is 2080. The van der Waals surface area contributed by atoms with Crippen LogP contribution in [0.15, 0.2) is 35.4 Å².